The molecule has 0 unspecified atom stereocenters. The van der Waals surface area contributed by atoms with E-state index in [-0.39, 0.29) is 5.11 Å². The zero-order valence-corrected chi connectivity index (χ0v) is 9.19. The van der Waals surface area contributed by atoms with Crippen LogP contribution in [0.4, 0.5) is 5.69 Å². The van der Waals surface area contributed by atoms with E-state index in [4.69, 9.17) is 18.0 Å². The van der Waals surface area contributed by atoms with Crippen LogP contribution in [0.2, 0.25) is 0 Å². The highest BCUT2D eigenvalue weighted by Gasteiger charge is 2.02. The van der Waals surface area contributed by atoms with E-state index in [1.807, 2.05) is 18.2 Å². The van der Waals surface area contributed by atoms with E-state index in [0.29, 0.717) is 0 Å². The average molecular weight is 220 g/mol. The van der Waals surface area contributed by atoms with Crippen LogP contribution in [0.15, 0.2) is 18.2 Å². The maximum atomic E-state index is 5.39. The summed E-state index contributed by atoms with van der Waals surface area (Å²) in [6.07, 6.45) is 0.896. The number of nitrogens with two attached hydrogens (primary N) is 1. The molecule has 4 nitrogen and oxygen atoms in total. The van der Waals surface area contributed by atoms with Gasteiger partial charge in [0.05, 0.1) is 11.0 Å². The first-order chi connectivity index (χ1) is 7.19. The minimum atomic E-state index is 0.268. The summed E-state index contributed by atoms with van der Waals surface area (Å²) in [5.74, 6) is 0.984. The van der Waals surface area contributed by atoms with E-state index in [0.717, 1.165) is 29.0 Å². The van der Waals surface area contributed by atoms with Crippen molar-refractivity contribution in [2.45, 2.75) is 13.3 Å². The van der Waals surface area contributed by atoms with E-state index in [2.05, 4.69) is 22.2 Å². The number of rotatable bonds is 2. The Labute approximate surface area is 92.9 Å². The van der Waals surface area contributed by atoms with Gasteiger partial charge in [-0.1, -0.05) is 6.92 Å². The number of nitrogens with one attached hydrogen (secondary N) is 2. The summed E-state index contributed by atoms with van der Waals surface area (Å²) in [5, 5.41) is 3.15. The molecule has 0 amide bonds. The zero-order valence-electron chi connectivity index (χ0n) is 8.37. The number of H-pyrrole nitrogens is 1. The van der Waals surface area contributed by atoms with E-state index in [1.165, 1.54) is 0 Å². The molecular weight excluding hydrogens is 208 g/mol. The number of hydrogen-bond acceptors (Lipinski definition) is 2. The molecule has 2 rings (SSSR count). The summed E-state index contributed by atoms with van der Waals surface area (Å²) in [4.78, 5) is 7.63. The van der Waals surface area contributed by atoms with Crippen molar-refractivity contribution in [2.75, 3.05) is 5.32 Å². The highest BCUT2D eigenvalue weighted by Crippen LogP contribution is 2.17. The van der Waals surface area contributed by atoms with Crippen molar-refractivity contribution < 1.29 is 0 Å². The van der Waals surface area contributed by atoms with Gasteiger partial charge in [0.25, 0.3) is 0 Å². The van der Waals surface area contributed by atoms with Crippen LogP contribution in [-0.4, -0.2) is 15.1 Å². The van der Waals surface area contributed by atoms with E-state index in [9.17, 15) is 0 Å². The molecule has 5 heteroatoms. The van der Waals surface area contributed by atoms with Crippen LogP contribution in [-0.2, 0) is 6.42 Å². The van der Waals surface area contributed by atoms with Crippen LogP contribution in [0.25, 0.3) is 11.0 Å². The normalized spacial score (nSPS) is 10.5. The van der Waals surface area contributed by atoms with Crippen molar-refractivity contribution in [2.24, 2.45) is 5.73 Å². The van der Waals surface area contributed by atoms with Crippen LogP contribution in [0.1, 0.15) is 12.7 Å². The molecule has 0 fully saturated rings. The van der Waals surface area contributed by atoms with Crippen molar-refractivity contribution in [1.82, 2.24) is 9.97 Å². The SMILES string of the molecule is CCc1nc2ccc(NC(N)=S)cc2[nH]1. The Bertz CT molecular complexity index is 503. The van der Waals surface area contributed by atoms with Gasteiger partial charge in [-0.25, -0.2) is 4.98 Å². The fourth-order valence-electron chi connectivity index (χ4n) is 1.45. The molecule has 4 N–H and O–H groups in total. The number of aryl methyl sites for hydroxylation is 1. The number of benzene rings is 1. The van der Waals surface area contributed by atoms with E-state index < -0.39 is 0 Å². The largest absolute Gasteiger partial charge is 0.376 e. The fourth-order valence-corrected chi connectivity index (χ4v) is 1.57. The molecule has 0 saturated carbocycles. The Balaban J connectivity index is 2.41. The standard InChI is InChI=1S/C10H12N4S/c1-2-9-13-7-4-3-6(12-10(11)15)5-8(7)14-9/h3-5H,2H2,1H3,(H,13,14)(H3,11,12,15). The molecule has 0 spiro atoms. The van der Waals surface area contributed by atoms with Crippen LogP contribution >= 0.6 is 12.2 Å². The molecule has 2 aromatic rings. The van der Waals surface area contributed by atoms with Crippen molar-refractivity contribution in [1.29, 1.82) is 0 Å². The maximum Gasteiger partial charge on any atom is 0.168 e. The van der Waals surface area contributed by atoms with Crippen LogP contribution in [0.5, 0.6) is 0 Å². The van der Waals surface area contributed by atoms with Crippen LogP contribution < -0.4 is 11.1 Å². The summed E-state index contributed by atoms with van der Waals surface area (Å²) in [5.41, 5.74) is 8.22. The number of fused-ring (bicyclic) bond motifs is 1. The summed E-state index contributed by atoms with van der Waals surface area (Å²) in [7, 11) is 0. The second-order valence-corrected chi connectivity index (χ2v) is 3.70. The third-order valence-electron chi connectivity index (χ3n) is 2.13. The number of thiocarbonyl (C=S) groups is 1. The lowest BCUT2D eigenvalue weighted by molar-refractivity contribution is 1.00. The number of aromatic nitrogens is 2. The van der Waals surface area contributed by atoms with Crippen LogP contribution in [0, 0.1) is 0 Å². The molecule has 0 aliphatic heterocycles. The van der Waals surface area contributed by atoms with Gasteiger partial charge in [0.15, 0.2) is 5.11 Å². The Morgan fingerprint density at radius 2 is 2.40 bits per heavy atom. The highest BCUT2D eigenvalue weighted by atomic mass is 32.1. The van der Waals surface area contributed by atoms with Crippen LogP contribution in [0.3, 0.4) is 0 Å². The number of anilines is 1. The molecule has 1 aromatic carbocycles. The molecule has 1 heterocycles. The molecule has 15 heavy (non-hydrogen) atoms. The van der Waals surface area contributed by atoms with Gasteiger partial charge in [0.2, 0.25) is 0 Å². The number of imidazole rings is 1. The molecule has 0 bridgehead atoms. The Morgan fingerprint density at radius 3 is 3.07 bits per heavy atom. The van der Waals surface area contributed by atoms with Crippen molar-refractivity contribution in [3.05, 3.63) is 24.0 Å². The fraction of sp³-hybridized carbons (Fsp3) is 0.200. The van der Waals surface area contributed by atoms with Gasteiger partial charge in [-0.15, -0.1) is 0 Å². The van der Waals surface area contributed by atoms with Gasteiger partial charge in [0, 0.05) is 12.1 Å². The maximum absolute atomic E-state index is 5.39. The van der Waals surface area contributed by atoms with Crippen molar-refractivity contribution >= 4 is 34.1 Å². The number of nitrogens with zero attached hydrogens (tertiary/aromatic N) is 1. The van der Waals surface area contributed by atoms with Crippen molar-refractivity contribution in [3.8, 4) is 0 Å². The van der Waals surface area contributed by atoms with Crippen molar-refractivity contribution in [3.63, 3.8) is 0 Å². The summed E-state index contributed by atoms with van der Waals surface area (Å²) in [6, 6.07) is 5.79. The molecule has 0 aliphatic carbocycles. The third-order valence-corrected chi connectivity index (χ3v) is 2.24. The minimum absolute atomic E-state index is 0.268. The second-order valence-electron chi connectivity index (χ2n) is 3.26. The van der Waals surface area contributed by atoms with Gasteiger partial charge in [-0.2, -0.15) is 0 Å². The molecule has 0 saturated heterocycles. The Morgan fingerprint density at radius 1 is 1.60 bits per heavy atom. The topological polar surface area (TPSA) is 66.7 Å². The zero-order chi connectivity index (χ0) is 10.8. The van der Waals surface area contributed by atoms with Gasteiger partial charge >= 0.3 is 0 Å². The Kier molecular flexibility index (Phi) is 2.55. The van der Waals surface area contributed by atoms with Gasteiger partial charge < -0.3 is 16.0 Å². The van der Waals surface area contributed by atoms with Gasteiger partial charge in [-0.05, 0) is 30.4 Å². The third kappa shape index (κ3) is 2.07. The number of aromatic amines is 1. The predicted octanol–water partition coefficient (Wildman–Crippen LogP) is 1.78. The molecule has 1 aromatic heterocycles. The lowest BCUT2D eigenvalue weighted by atomic mass is 10.3. The first-order valence-corrected chi connectivity index (χ1v) is 5.15. The monoisotopic (exact) mass is 220 g/mol. The quantitative estimate of drug-likeness (QED) is 0.675. The molecular formula is C10H12N4S. The van der Waals surface area contributed by atoms with E-state index in [1.54, 1.807) is 0 Å². The summed E-state index contributed by atoms with van der Waals surface area (Å²) >= 11 is 4.77. The first-order valence-electron chi connectivity index (χ1n) is 4.74. The molecule has 78 valence electrons. The first kappa shape index (κ1) is 9.92. The second kappa shape index (κ2) is 3.86. The van der Waals surface area contributed by atoms with Gasteiger partial charge in [-0.3, -0.25) is 0 Å². The predicted molar refractivity (Wildman–Crippen MR) is 65.9 cm³/mol. The smallest absolute Gasteiger partial charge is 0.168 e. The highest BCUT2D eigenvalue weighted by molar-refractivity contribution is 7.80. The molecule has 0 aliphatic rings. The Hall–Kier alpha value is -1.62. The lowest BCUT2D eigenvalue weighted by Gasteiger charge is -2.02. The minimum Gasteiger partial charge on any atom is -0.376 e. The summed E-state index contributed by atoms with van der Waals surface area (Å²) < 4.78 is 0. The average Bonchev–Trinajstić information content (AvgIpc) is 2.58. The lowest BCUT2D eigenvalue weighted by Crippen LogP contribution is -2.18. The summed E-state index contributed by atoms with van der Waals surface area (Å²) in [6.45, 7) is 2.06. The van der Waals surface area contributed by atoms with Gasteiger partial charge in [0.1, 0.15) is 5.82 Å². The molecule has 0 radical (unpaired) electrons. The molecule has 0 atom stereocenters. The number of hydrogen-bond donors (Lipinski definition) is 3. The van der Waals surface area contributed by atoms with E-state index >= 15 is 0 Å².